The van der Waals surface area contributed by atoms with Crippen LogP contribution in [0, 0.1) is 0 Å². The average Bonchev–Trinajstić information content (AvgIpc) is 3.87. The normalized spacial score (nSPS) is 15.5. The van der Waals surface area contributed by atoms with E-state index in [1.807, 2.05) is 30.5 Å². The predicted molar refractivity (Wildman–Crippen MR) is 218 cm³/mol. The van der Waals surface area contributed by atoms with E-state index < -0.39 is 86.3 Å². The van der Waals surface area contributed by atoms with Crippen molar-refractivity contribution >= 4 is 52.2 Å². The van der Waals surface area contributed by atoms with Crippen LogP contribution in [0.1, 0.15) is 26.1 Å². The minimum absolute atomic E-state index is 0.0977. The van der Waals surface area contributed by atoms with E-state index in [4.69, 9.17) is 40.5 Å². The Hall–Kier alpha value is -5.54. The largest absolute Gasteiger partial charge is 0.542 e. The number of rotatable bonds is 23. The summed E-state index contributed by atoms with van der Waals surface area (Å²) in [4.78, 5) is 44.7. The molecule has 0 unspecified atom stereocenters. The van der Waals surface area contributed by atoms with Crippen LogP contribution in [0.5, 0.6) is 5.75 Å². The number of nitrogens with two attached hydrogens (primary N) is 1. The number of carboxylic acid groups (broad SMARTS) is 2. The number of benzene rings is 1. The second-order valence-electron chi connectivity index (χ2n) is 14.6. The number of nitrogen functional groups attached to an aromatic ring is 1. The third-order valence-corrected chi connectivity index (χ3v) is 9.79. The molecule has 0 aliphatic carbocycles. The van der Waals surface area contributed by atoms with Crippen LogP contribution in [0.4, 0.5) is 38.0 Å². The van der Waals surface area contributed by atoms with Crippen LogP contribution in [0.2, 0.25) is 0 Å². The van der Waals surface area contributed by atoms with Gasteiger partial charge in [-0.25, -0.2) is 23.9 Å². The van der Waals surface area contributed by atoms with Gasteiger partial charge in [-0.2, -0.15) is 26.3 Å². The molecule has 3 aromatic heterocycles. The van der Waals surface area contributed by atoms with Gasteiger partial charge in [-0.3, -0.25) is 14.6 Å². The molecule has 0 bridgehead atoms. The molecule has 8 atom stereocenters. The Morgan fingerprint density at radius 3 is 1.84 bits per heavy atom. The minimum Gasteiger partial charge on any atom is -0.542 e. The molecule has 1 aromatic carbocycles. The van der Waals surface area contributed by atoms with E-state index in [2.05, 4.69) is 19.5 Å². The molecule has 384 valence electrons. The molecular weight excluding hydrogens is 938 g/mol. The lowest BCUT2D eigenvalue weighted by Gasteiger charge is -2.33. The average molecular weight is 993 g/mol. The molecule has 1 amide bonds. The first-order chi connectivity index (χ1) is 31.7. The van der Waals surface area contributed by atoms with Gasteiger partial charge in [-0.1, -0.05) is 0 Å². The number of halogens is 6. The number of aliphatic hydroxyl groups excluding tert-OH is 10. The van der Waals surface area contributed by atoms with E-state index in [1.54, 1.807) is 18.3 Å². The van der Waals surface area contributed by atoms with Gasteiger partial charge < -0.3 is 81.5 Å². The van der Waals surface area contributed by atoms with Gasteiger partial charge in [-0.05, 0) is 38.5 Å². The number of aliphatic hydroxyl groups is 10. The Kier molecular flexibility index (Phi) is 22.6. The van der Waals surface area contributed by atoms with Crippen molar-refractivity contribution in [3.63, 3.8) is 0 Å². The van der Waals surface area contributed by atoms with Gasteiger partial charge in [0.25, 0.3) is 5.82 Å². The molecule has 0 aliphatic heterocycles. The van der Waals surface area contributed by atoms with Crippen molar-refractivity contribution in [1.82, 2.24) is 24.4 Å². The van der Waals surface area contributed by atoms with Crippen molar-refractivity contribution in [2.75, 3.05) is 50.1 Å². The smallest absolute Gasteiger partial charge is 0.490 e. The molecule has 0 fully saturated rings. The number of imidazole rings is 1. The summed E-state index contributed by atoms with van der Waals surface area (Å²) in [6.45, 7) is 2.96. The van der Waals surface area contributed by atoms with Gasteiger partial charge in [0.1, 0.15) is 60.4 Å². The Morgan fingerprint density at radius 1 is 0.882 bits per heavy atom. The van der Waals surface area contributed by atoms with Gasteiger partial charge in [-0.15, -0.1) is 0 Å². The van der Waals surface area contributed by atoms with Crippen molar-refractivity contribution in [2.24, 2.45) is 0 Å². The molecule has 0 spiro atoms. The highest BCUT2D eigenvalue weighted by Gasteiger charge is 2.38. The fourth-order valence-electron chi connectivity index (χ4n) is 6.34. The number of aromatic amines is 1. The number of ether oxygens (including phenoxy) is 1. The quantitative estimate of drug-likeness (QED) is 0.0145. The van der Waals surface area contributed by atoms with Crippen LogP contribution in [0.3, 0.4) is 0 Å². The third-order valence-electron chi connectivity index (χ3n) is 9.79. The maximum Gasteiger partial charge on any atom is 0.490 e. The first-order valence-electron chi connectivity index (χ1n) is 20.2. The summed E-state index contributed by atoms with van der Waals surface area (Å²) in [6.07, 6.45) is -22.0. The van der Waals surface area contributed by atoms with E-state index in [0.29, 0.717) is 36.4 Å². The Balaban J connectivity index is 0.000000982. The van der Waals surface area contributed by atoms with Gasteiger partial charge >= 0.3 is 18.3 Å². The number of aromatic nitrogens is 5. The second kappa shape index (κ2) is 26.3. The van der Waals surface area contributed by atoms with Crippen molar-refractivity contribution in [3.05, 3.63) is 36.3 Å². The van der Waals surface area contributed by atoms with E-state index in [0.717, 1.165) is 16.9 Å². The molecule has 14 N–H and O–H groups in total. The second-order valence-corrected chi connectivity index (χ2v) is 14.6. The third kappa shape index (κ3) is 16.3. The number of fused-ring (bicyclic) bond motifs is 2. The zero-order valence-corrected chi connectivity index (χ0v) is 36.1. The SMILES string of the molecule is CCn1c(CN(C=O)c2nc3cc[nH]c3nc2N)[n+](CC)c2cc(OCCCN(C[C@H](O)[C@@H](O)[C@H](O)[C@H](O)CO)C[C@H](O)[C@@H](O)[C@H](O)[C@H](O)CO)ccc21.O=C(O)C(F)(F)F.O=C([O-])C(F)(F)F. The Morgan fingerprint density at radius 2 is 1.40 bits per heavy atom. The van der Waals surface area contributed by atoms with Gasteiger partial charge in [0.15, 0.2) is 28.3 Å². The van der Waals surface area contributed by atoms with E-state index in [1.165, 1.54) is 9.80 Å². The van der Waals surface area contributed by atoms with Crippen LogP contribution in [-0.4, -0.2) is 200 Å². The standard InChI is InChI=1S/C34H53N8O12.2C2HF3O2/c1-3-41-21-7-6-19(12-22(21)42(4-2)27(41)15-40(18-45)34-32(35)38-33-20(37-34)8-9-36-33)54-11-5-10-39(13-23(46)28(50)30(52)25(48)16-43)14-24(47)29(51)31(53)26(49)17-44;2*3-2(4,5)1(6)7/h6-9,12,18,23-26,28-31,43-44,46-53H,3-5,10-11,13-17H2,1-2H3,(H3,35,36,38);2*(H,6,7)/q+1;;/p-1/t23-,24-,25+,26+,28+,29+,30+,31+;;/m0../s1. The topological polar surface area (TPSA) is 389 Å². The van der Waals surface area contributed by atoms with E-state index in [9.17, 15) is 72.0 Å². The van der Waals surface area contributed by atoms with Crippen molar-refractivity contribution in [3.8, 4) is 5.75 Å². The number of anilines is 2. The number of hydrogen-bond acceptors (Lipinski definition) is 19. The highest BCUT2D eigenvalue weighted by Crippen LogP contribution is 2.26. The lowest BCUT2D eigenvalue weighted by molar-refractivity contribution is -0.676. The molecule has 4 rings (SSSR count). The molecule has 30 heteroatoms. The molecule has 0 radical (unpaired) electrons. The fourth-order valence-corrected chi connectivity index (χ4v) is 6.34. The van der Waals surface area contributed by atoms with Crippen LogP contribution < -0.4 is 25.0 Å². The zero-order valence-electron chi connectivity index (χ0n) is 36.1. The Labute approximate surface area is 380 Å². The zero-order chi connectivity index (χ0) is 51.8. The summed E-state index contributed by atoms with van der Waals surface area (Å²) < 4.78 is 73.5. The molecule has 0 saturated heterocycles. The highest BCUT2D eigenvalue weighted by molar-refractivity contribution is 5.84. The lowest BCUT2D eigenvalue weighted by Crippen LogP contribution is -2.53. The summed E-state index contributed by atoms with van der Waals surface area (Å²) in [5.41, 5.74) is 8.98. The van der Waals surface area contributed by atoms with E-state index in [-0.39, 0.29) is 50.8 Å². The molecule has 0 aliphatic rings. The molecular formula is C38H54F6N8O16. The first-order valence-corrected chi connectivity index (χ1v) is 20.2. The summed E-state index contributed by atoms with van der Waals surface area (Å²) in [5, 5.41) is 116. The number of carboxylic acids is 2. The van der Waals surface area contributed by atoms with Gasteiger partial charge in [0, 0.05) is 31.9 Å². The number of carbonyl (C=O) groups is 3. The maximum atomic E-state index is 12.4. The molecule has 0 saturated carbocycles. The lowest BCUT2D eigenvalue weighted by atomic mass is 10.0. The van der Waals surface area contributed by atoms with Crippen LogP contribution in [0.25, 0.3) is 22.2 Å². The van der Waals surface area contributed by atoms with Gasteiger partial charge in [0.2, 0.25) is 6.41 Å². The molecule has 4 aromatic rings. The molecule has 68 heavy (non-hydrogen) atoms. The number of amides is 1. The molecule has 24 nitrogen and oxygen atoms in total. The number of alkyl halides is 6. The van der Waals surface area contributed by atoms with Crippen LogP contribution in [0.15, 0.2) is 30.5 Å². The number of carbonyl (C=O) groups excluding carboxylic acids is 2. The summed E-state index contributed by atoms with van der Waals surface area (Å²) in [7, 11) is 0. The van der Waals surface area contributed by atoms with Crippen molar-refractivity contribution in [2.45, 2.75) is 101 Å². The van der Waals surface area contributed by atoms with Crippen molar-refractivity contribution < 1.29 is 111 Å². The number of nitrogens with zero attached hydrogens (tertiary/aromatic N) is 6. The maximum absolute atomic E-state index is 12.4. The monoisotopic (exact) mass is 992 g/mol. The molecule has 3 heterocycles. The summed E-state index contributed by atoms with van der Waals surface area (Å²) in [5.74, 6) is -4.11. The number of hydrogen-bond donors (Lipinski definition) is 13. The summed E-state index contributed by atoms with van der Waals surface area (Å²) in [6, 6.07) is 7.29. The number of nitrogens with one attached hydrogen (secondary N) is 1. The Bertz CT molecular complexity index is 2160. The number of H-pyrrole nitrogens is 1. The summed E-state index contributed by atoms with van der Waals surface area (Å²) >= 11 is 0. The number of aliphatic carboxylic acids is 2. The number of aryl methyl sites for hydroxylation is 2. The van der Waals surface area contributed by atoms with Crippen molar-refractivity contribution in [1.29, 1.82) is 0 Å². The first kappa shape index (κ1) is 58.6. The van der Waals surface area contributed by atoms with Crippen LogP contribution >= 0.6 is 0 Å². The minimum atomic E-state index is -5.19. The highest BCUT2D eigenvalue weighted by atomic mass is 19.4. The van der Waals surface area contributed by atoms with E-state index >= 15 is 0 Å². The van der Waals surface area contributed by atoms with Gasteiger partial charge in [0.05, 0.1) is 45.1 Å². The predicted octanol–water partition coefficient (Wildman–Crippen LogP) is -4.14. The fraction of sp³-hybridized carbons (Fsp3) is 0.579. The van der Waals surface area contributed by atoms with Crippen LogP contribution in [-0.2, 0) is 34.0 Å².